The number of pyridine rings is 1. The molecule has 2 atom stereocenters. The number of para-hydroxylation sites is 1. The predicted molar refractivity (Wildman–Crippen MR) is 146 cm³/mol. The van der Waals surface area contributed by atoms with E-state index in [2.05, 4.69) is 20.5 Å². The van der Waals surface area contributed by atoms with E-state index in [1.165, 1.54) is 0 Å². The molecule has 202 valence electrons. The molecule has 3 heterocycles. The van der Waals surface area contributed by atoms with Crippen LogP contribution in [0.25, 0.3) is 10.9 Å². The summed E-state index contributed by atoms with van der Waals surface area (Å²) in [7, 11) is 1.64. The van der Waals surface area contributed by atoms with Crippen LogP contribution in [0.1, 0.15) is 41.2 Å². The van der Waals surface area contributed by atoms with Crippen LogP contribution in [0.5, 0.6) is 5.75 Å². The van der Waals surface area contributed by atoms with E-state index in [9.17, 15) is 4.79 Å². The van der Waals surface area contributed by atoms with Gasteiger partial charge in [-0.1, -0.05) is 18.2 Å². The van der Waals surface area contributed by atoms with Crippen LogP contribution in [0.2, 0.25) is 0 Å². The molecule has 10 nitrogen and oxygen atoms in total. The van der Waals surface area contributed by atoms with Gasteiger partial charge in [0, 0.05) is 12.7 Å². The smallest absolute Gasteiger partial charge is 0.258 e. The van der Waals surface area contributed by atoms with E-state index >= 15 is 0 Å². The predicted octanol–water partition coefficient (Wildman–Crippen LogP) is 2.84. The minimum absolute atomic E-state index is 0.174. The van der Waals surface area contributed by atoms with Crippen molar-refractivity contribution in [3.63, 3.8) is 0 Å². The second kappa shape index (κ2) is 12.1. The lowest BCUT2D eigenvalue weighted by atomic mass is 10.0. The molecule has 0 aliphatic heterocycles. The first-order chi connectivity index (χ1) is 19.1. The number of fused-ring (bicyclic) bond motifs is 1. The lowest BCUT2D eigenvalue weighted by Gasteiger charge is -2.27. The number of H-pyrrole nitrogens is 1. The van der Waals surface area contributed by atoms with Crippen molar-refractivity contribution in [2.75, 3.05) is 20.3 Å². The van der Waals surface area contributed by atoms with Crippen LogP contribution >= 0.6 is 0 Å². The summed E-state index contributed by atoms with van der Waals surface area (Å²) in [4.78, 5) is 17.9. The van der Waals surface area contributed by atoms with Gasteiger partial charge in [0.15, 0.2) is 11.8 Å². The van der Waals surface area contributed by atoms with Crippen molar-refractivity contribution in [2.45, 2.75) is 39.5 Å². The monoisotopic (exact) mass is 529 g/mol. The van der Waals surface area contributed by atoms with E-state index in [-0.39, 0.29) is 5.56 Å². The van der Waals surface area contributed by atoms with E-state index in [0.29, 0.717) is 44.2 Å². The van der Waals surface area contributed by atoms with Crippen LogP contribution in [-0.4, -0.2) is 45.5 Å². The van der Waals surface area contributed by atoms with E-state index in [1.54, 1.807) is 18.1 Å². The summed E-state index contributed by atoms with van der Waals surface area (Å²) in [5.41, 5.74) is 3.31. The van der Waals surface area contributed by atoms with Crippen LogP contribution in [-0.2, 0) is 24.4 Å². The van der Waals surface area contributed by atoms with Crippen molar-refractivity contribution < 1.29 is 18.8 Å². The number of aromatic nitrogens is 5. The van der Waals surface area contributed by atoms with Gasteiger partial charge in [-0.05, 0) is 77.7 Å². The van der Waals surface area contributed by atoms with Gasteiger partial charge in [-0.25, -0.2) is 4.68 Å². The summed E-state index contributed by atoms with van der Waals surface area (Å²) < 4.78 is 18.4. The van der Waals surface area contributed by atoms with E-state index in [4.69, 9.17) is 13.9 Å². The molecule has 0 amide bonds. The van der Waals surface area contributed by atoms with Gasteiger partial charge in [0.25, 0.3) is 5.56 Å². The third-order valence-electron chi connectivity index (χ3n) is 6.81. The molecule has 3 aromatic heterocycles. The fourth-order valence-corrected chi connectivity index (χ4v) is 4.95. The molecule has 2 N–H and O–H groups in total. The highest BCUT2D eigenvalue weighted by Gasteiger charge is 2.35. The third-order valence-corrected chi connectivity index (χ3v) is 6.81. The Labute approximate surface area is 226 Å². The second-order valence-electron chi connectivity index (χ2n) is 9.45. The Kier molecular flexibility index (Phi) is 8.14. The first-order valence-electron chi connectivity index (χ1n) is 13.0. The Hall–Kier alpha value is -4.28. The summed E-state index contributed by atoms with van der Waals surface area (Å²) in [6, 6.07) is 19.3. The van der Waals surface area contributed by atoms with Gasteiger partial charge in [0.2, 0.25) is 5.82 Å². The van der Waals surface area contributed by atoms with Gasteiger partial charge >= 0.3 is 0 Å². The second-order valence-corrected chi connectivity index (χ2v) is 9.45. The normalized spacial score (nSPS) is 13.0. The van der Waals surface area contributed by atoms with Crippen LogP contribution < -0.4 is 15.2 Å². The highest BCUT2D eigenvalue weighted by molar-refractivity contribution is 5.82. The lowest BCUT2D eigenvalue weighted by Crippen LogP contribution is -3.10. The molecule has 5 rings (SSSR count). The number of aryl methyl sites for hydroxylation is 1. The third kappa shape index (κ3) is 5.92. The number of nitrogens with one attached hydrogen (secondary N) is 2. The molecule has 2 aromatic carbocycles. The average Bonchev–Trinajstić information content (AvgIpc) is 3.62. The number of benzene rings is 2. The van der Waals surface area contributed by atoms with Crippen molar-refractivity contribution in [3.05, 3.63) is 106 Å². The number of quaternary nitrogens is 1. The summed E-state index contributed by atoms with van der Waals surface area (Å²) in [5, 5.41) is 13.6. The van der Waals surface area contributed by atoms with Gasteiger partial charge in [0.05, 0.1) is 37.1 Å². The summed E-state index contributed by atoms with van der Waals surface area (Å²) >= 11 is 0. The molecule has 0 saturated heterocycles. The van der Waals surface area contributed by atoms with E-state index in [0.717, 1.165) is 38.4 Å². The molecule has 0 radical (unpaired) electrons. The van der Waals surface area contributed by atoms with Crippen molar-refractivity contribution in [2.24, 2.45) is 0 Å². The van der Waals surface area contributed by atoms with Crippen molar-refractivity contribution in [1.82, 2.24) is 25.2 Å². The van der Waals surface area contributed by atoms with Crippen LogP contribution in [0, 0.1) is 6.92 Å². The van der Waals surface area contributed by atoms with Crippen LogP contribution in [0.4, 0.5) is 0 Å². The van der Waals surface area contributed by atoms with Crippen molar-refractivity contribution in [1.29, 1.82) is 0 Å². The Morgan fingerprint density at radius 3 is 2.69 bits per heavy atom. The maximum absolute atomic E-state index is 13.7. The molecule has 2 unspecified atom stereocenters. The quantitative estimate of drug-likeness (QED) is 0.256. The van der Waals surface area contributed by atoms with Gasteiger partial charge in [-0.15, -0.1) is 5.10 Å². The molecule has 0 fully saturated rings. The molecule has 5 aromatic rings. The molecule has 0 saturated carbocycles. The van der Waals surface area contributed by atoms with E-state index in [1.807, 2.05) is 74.5 Å². The first kappa shape index (κ1) is 26.3. The number of ether oxygens (including phenoxy) is 2. The molecule has 10 heteroatoms. The van der Waals surface area contributed by atoms with Gasteiger partial charge in [-0.3, -0.25) is 4.79 Å². The molecule has 0 aliphatic rings. The maximum Gasteiger partial charge on any atom is 0.258 e. The average molecular weight is 530 g/mol. The SMILES string of the molecule is CCOc1ccc(C[NH+](Cc2ccco2)C(c2cc3cccc(C)c3[nH]c2=O)c2nnnn2CCOC)cc1. The number of methoxy groups -OCH3 is 1. The fourth-order valence-electron chi connectivity index (χ4n) is 4.95. The highest BCUT2D eigenvalue weighted by Crippen LogP contribution is 2.21. The van der Waals surface area contributed by atoms with Crippen LogP contribution in [0.15, 0.2) is 76.1 Å². The molecule has 39 heavy (non-hydrogen) atoms. The zero-order valence-corrected chi connectivity index (χ0v) is 22.4. The largest absolute Gasteiger partial charge is 0.494 e. The Morgan fingerprint density at radius 1 is 1.10 bits per heavy atom. The number of aromatic amines is 1. The molecule has 0 bridgehead atoms. The van der Waals surface area contributed by atoms with Gasteiger partial charge in [0.1, 0.15) is 18.8 Å². The van der Waals surface area contributed by atoms with Crippen LogP contribution in [0.3, 0.4) is 0 Å². The maximum atomic E-state index is 13.7. The number of rotatable bonds is 12. The summed E-state index contributed by atoms with van der Waals surface area (Å²) in [6.45, 7) is 6.53. The fraction of sp³-hybridized carbons (Fsp3) is 0.310. The Balaban J connectivity index is 1.65. The number of hydrogen-bond acceptors (Lipinski definition) is 7. The molecule has 0 spiro atoms. The van der Waals surface area contributed by atoms with Crippen molar-refractivity contribution >= 4 is 10.9 Å². The minimum atomic E-state index is -0.498. The molecular formula is C29H33N6O4+. The summed E-state index contributed by atoms with van der Waals surface area (Å²) in [6.07, 6.45) is 1.66. The van der Waals surface area contributed by atoms with Gasteiger partial charge < -0.3 is 23.8 Å². The molecule has 0 aliphatic carbocycles. The van der Waals surface area contributed by atoms with Crippen molar-refractivity contribution in [3.8, 4) is 5.75 Å². The minimum Gasteiger partial charge on any atom is -0.494 e. The molecular weight excluding hydrogens is 496 g/mol. The number of tetrazole rings is 1. The number of furan rings is 1. The lowest BCUT2D eigenvalue weighted by molar-refractivity contribution is -0.954. The number of hydrogen-bond donors (Lipinski definition) is 2. The number of nitrogens with zero attached hydrogens (tertiary/aromatic N) is 4. The standard InChI is InChI=1S/C29H32N6O4/c1-4-38-23-12-10-21(11-13-23)18-34(19-24-9-6-15-39-24)27(28-31-32-33-35(28)14-16-37-3)25-17-22-8-5-7-20(2)26(22)30-29(25)36/h5-13,15,17,27H,4,14,16,18-19H2,1-3H3,(H,30,36)/p+1. The zero-order chi connectivity index (χ0) is 27.2. The zero-order valence-electron chi connectivity index (χ0n) is 22.4. The van der Waals surface area contributed by atoms with E-state index < -0.39 is 6.04 Å². The van der Waals surface area contributed by atoms with Gasteiger partial charge in [-0.2, -0.15) is 0 Å². The summed E-state index contributed by atoms with van der Waals surface area (Å²) in [5.74, 6) is 2.19. The Morgan fingerprint density at radius 2 is 1.95 bits per heavy atom. The topological polar surface area (TPSA) is 113 Å². The Bertz CT molecular complexity index is 1560. The highest BCUT2D eigenvalue weighted by atomic mass is 16.5. The first-order valence-corrected chi connectivity index (χ1v) is 13.0.